The maximum atomic E-state index is 10.7. The van der Waals surface area contributed by atoms with Gasteiger partial charge >= 0.3 is 0 Å². The molecule has 1 rings (SSSR count). The first-order valence-electron chi connectivity index (χ1n) is 2.76. The van der Waals surface area contributed by atoms with E-state index >= 15 is 0 Å². The van der Waals surface area contributed by atoms with Crippen molar-refractivity contribution in [2.75, 3.05) is 6.54 Å². The van der Waals surface area contributed by atoms with Crippen LogP contribution in [0, 0.1) is 5.53 Å². The Morgan fingerprint density at radius 3 is 2.82 bits per heavy atom. The lowest BCUT2D eigenvalue weighted by molar-refractivity contribution is -0.125. The van der Waals surface area contributed by atoms with Crippen molar-refractivity contribution >= 4 is 17.6 Å². The Labute approximate surface area is 61.4 Å². The van der Waals surface area contributed by atoms with Gasteiger partial charge in [0.2, 0.25) is 11.7 Å². The number of nitrogens with zero attached hydrogens (tertiary/aromatic N) is 2. The van der Waals surface area contributed by atoms with Crippen molar-refractivity contribution in [2.45, 2.75) is 0 Å². The first-order valence-corrected chi connectivity index (χ1v) is 2.76. The van der Waals surface area contributed by atoms with Gasteiger partial charge in [-0.15, -0.1) is 5.10 Å². The van der Waals surface area contributed by atoms with Crippen molar-refractivity contribution < 1.29 is 9.59 Å². The van der Waals surface area contributed by atoms with Crippen LogP contribution in [0.15, 0.2) is 10.3 Å². The quantitative estimate of drug-likeness (QED) is 0.319. The summed E-state index contributed by atoms with van der Waals surface area (Å²) in [7, 11) is 0. The van der Waals surface area contributed by atoms with Crippen LogP contribution < -0.4 is 10.6 Å². The van der Waals surface area contributed by atoms with Gasteiger partial charge in [0.25, 0.3) is 5.91 Å². The molecule has 1 heterocycles. The van der Waals surface area contributed by atoms with Gasteiger partial charge in [0.15, 0.2) is 0 Å². The van der Waals surface area contributed by atoms with Gasteiger partial charge in [-0.3, -0.25) is 9.59 Å². The Hall–Kier alpha value is -1.79. The number of hydrogen-bond donors (Lipinski definition) is 3. The van der Waals surface area contributed by atoms with Crippen LogP contribution in [0.5, 0.6) is 0 Å². The van der Waals surface area contributed by atoms with Gasteiger partial charge in [-0.25, -0.2) is 0 Å². The number of carbonyl (C=O) groups excluding carboxylic acids is 2. The van der Waals surface area contributed by atoms with Crippen LogP contribution in [0.2, 0.25) is 0 Å². The lowest BCUT2D eigenvalue weighted by Gasteiger charge is -2.12. The largest absolute Gasteiger partial charge is 0.340 e. The van der Waals surface area contributed by atoms with Crippen molar-refractivity contribution in [2.24, 2.45) is 10.3 Å². The van der Waals surface area contributed by atoms with Crippen molar-refractivity contribution in [1.29, 1.82) is 5.53 Å². The summed E-state index contributed by atoms with van der Waals surface area (Å²) in [5.74, 6) is -1.14. The number of nitrogens with one attached hydrogen (secondary N) is 3. The van der Waals surface area contributed by atoms with Gasteiger partial charge in [-0.2, -0.15) is 5.53 Å². The maximum Gasteiger partial charge on any atom is 0.289 e. The van der Waals surface area contributed by atoms with Crippen LogP contribution in [0.1, 0.15) is 0 Å². The molecule has 0 aliphatic carbocycles. The highest BCUT2D eigenvalue weighted by atomic mass is 16.2. The summed E-state index contributed by atoms with van der Waals surface area (Å²) in [4.78, 5) is 21.3. The van der Waals surface area contributed by atoms with Gasteiger partial charge in [0.05, 0.1) is 6.54 Å². The predicted molar refractivity (Wildman–Crippen MR) is 33.7 cm³/mol. The first-order chi connectivity index (χ1) is 5.24. The molecule has 0 bridgehead atoms. The van der Waals surface area contributed by atoms with E-state index < -0.39 is 5.91 Å². The molecule has 0 spiro atoms. The average molecular weight is 155 g/mol. The van der Waals surface area contributed by atoms with E-state index in [1.54, 1.807) is 0 Å². The fourth-order valence-corrected chi connectivity index (χ4v) is 0.598. The Kier molecular flexibility index (Phi) is 1.90. The van der Waals surface area contributed by atoms with Crippen LogP contribution in [0.4, 0.5) is 0 Å². The fraction of sp³-hybridized carbons (Fsp3) is 0.250. The standard InChI is InChI=1S/C4H5N5O2/c5-9-8-3-4(11)6-1-2(10)7-3/h1H2,(H,6,11)(H2,5,7,8,10). The molecule has 0 saturated carbocycles. The normalized spacial score (nSPS) is 20.9. The highest BCUT2D eigenvalue weighted by Crippen LogP contribution is 1.83. The second-order valence-corrected chi connectivity index (χ2v) is 1.78. The number of amidine groups is 1. The average Bonchev–Trinajstić information content (AvgIpc) is 1.98. The van der Waals surface area contributed by atoms with E-state index in [9.17, 15) is 9.59 Å². The summed E-state index contributed by atoms with van der Waals surface area (Å²) in [6.07, 6.45) is 0. The molecule has 0 atom stereocenters. The zero-order valence-corrected chi connectivity index (χ0v) is 5.42. The first kappa shape index (κ1) is 7.32. The van der Waals surface area contributed by atoms with Gasteiger partial charge < -0.3 is 10.6 Å². The second kappa shape index (κ2) is 2.86. The minimum atomic E-state index is -0.527. The molecule has 1 fully saturated rings. The molecule has 0 aromatic carbocycles. The fourth-order valence-electron chi connectivity index (χ4n) is 0.598. The van der Waals surface area contributed by atoms with E-state index in [1.165, 1.54) is 0 Å². The molecule has 0 aromatic rings. The topological polar surface area (TPSA) is 107 Å². The van der Waals surface area contributed by atoms with Crippen LogP contribution in [-0.4, -0.2) is 24.2 Å². The summed E-state index contributed by atoms with van der Waals surface area (Å²) in [5.41, 5.74) is 6.30. The molecular weight excluding hydrogens is 150 g/mol. The molecule has 7 nitrogen and oxygen atoms in total. The Morgan fingerprint density at radius 1 is 1.45 bits per heavy atom. The molecule has 3 N–H and O–H groups in total. The van der Waals surface area contributed by atoms with Crippen molar-refractivity contribution in [3.05, 3.63) is 0 Å². The van der Waals surface area contributed by atoms with E-state index in [4.69, 9.17) is 5.53 Å². The van der Waals surface area contributed by atoms with E-state index in [0.717, 1.165) is 0 Å². The summed E-state index contributed by atoms with van der Waals surface area (Å²) < 4.78 is 0. The van der Waals surface area contributed by atoms with Gasteiger partial charge in [-0.05, 0) is 0 Å². The summed E-state index contributed by atoms with van der Waals surface area (Å²) >= 11 is 0. The van der Waals surface area contributed by atoms with Crippen LogP contribution >= 0.6 is 0 Å². The number of amides is 2. The highest BCUT2D eigenvalue weighted by molar-refractivity contribution is 6.42. The number of hydrogen-bond acceptors (Lipinski definition) is 4. The highest BCUT2D eigenvalue weighted by Gasteiger charge is 2.20. The van der Waals surface area contributed by atoms with Gasteiger partial charge in [0, 0.05) is 0 Å². The smallest absolute Gasteiger partial charge is 0.289 e. The lowest BCUT2D eigenvalue weighted by Crippen LogP contribution is -2.53. The minimum absolute atomic E-state index is 0.0597. The molecule has 0 unspecified atom stereocenters. The van der Waals surface area contributed by atoms with E-state index in [0.29, 0.717) is 0 Å². The molecule has 1 aliphatic rings. The molecule has 0 radical (unpaired) electrons. The lowest BCUT2D eigenvalue weighted by atomic mass is 10.4. The van der Waals surface area contributed by atoms with E-state index in [-0.39, 0.29) is 18.3 Å². The SMILES string of the molecule is N=N/N=C1\NC(=O)CNC1=O. The summed E-state index contributed by atoms with van der Waals surface area (Å²) in [6.45, 7) is -0.0597. The van der Waals surface area contributed by atoms with Gasteiger partial charge in [0.1, 0.15) is 0 Å². The molecule has 2 amide bonds. The summed E-state index contributed by atoms with van der Waals surface area (Å²) in [5, 5.41) is 10.1. The third-order valence-electron chi connectivity index (χ3n) is 1.03. The van der Waals surface area contributed by atoms with Crippen molar-refractivity contribution in [1.82, 2.24) is 10.6 Å². The number of piperazine rings is 1. The van der Waals surface area contributed by atoms with Crippen molar-refractivity contribution in [3.63, 3.8) is 0 Å². The Bertz CT molecular complexity index is 245. The molecule has 11 heavy (non-hydrogen) atoms. The van der Waals surface area contributed by atoms with E-state index in [2.05, 4.69) is 21.0 Å². The van der Waals surface area contributed by atoms with Crippen LogP contribution in [-0.2, 0) is 9.59 Å². The zero-order valence-electron chi connectivity index (χ0n) is 5.42. The molecule has 7 heteroatoms. The van der Waals surface area contributed by atoms with Crippen LogP contribution in [0.25, 0.3) is 0 Å². The second-order valence-electron chi connectivity index (χ2n) is 1.78. The monoisotopic (exact) mass is 155 g/mol. The van der Waals surface area contributed by atoms with Gasteiger partial charge in [-0.1, -0.05) is 5.22 Å². The van der Waals surface area contributed by atoms with Crippen LogP contribution in [0.3, 0.4) is 0 Å². The number of rotatable bonds is 1. The maximum absolute atomic E-state index is 10.7. The molecule has 1 aliphatic heterocycles. The minimum Gasteiger partial charge on any atom is -0.340 e. The van der Waals surface area contributed by atoms with E-state index in [1.807, 2.05) is 0 Å². The number of carbonyl (C=O) groups is 2. The molecule has 1 saturated heterocycles. The Balaban J connectivity index is 2.76. The molecular formula is C4H5N5O2. The molecule has 0 aromatic heterocycles. The Morgan fingerprint density at radius 2 is 2.18 bits per heavy atom. The molecule has 58 valence electrons. The predicted octanol–water partition coefficient (Wildman–Crippen LogP) is -1.42. The third kappa shape index (κ3) is 1.57. The zero-order chi connectivity index (χ0) is 8.27. The third-order valence-corrected chi connectivity index (χ3v) is 1.03. The summed E-state index contributed by atoms with van der Waals surface area (Å²) in [6, 6.07) is 0. The van der Waals surface area contributed by atoms with Crippen molar-refractivity contribution in [3.8, 4) is 0 Å².